The molecular formula is C25H40BrP. The van der Waals surface area contributed by atoms with E-state index in [1.54, 1.807) is 83.2 Å². The van der Waals surface area contributed by atoms with Crippen molar-refractivity contribution >= 4 is 24.9 Å². The summed E-state index contributed by atoms with van der Waals surface area (Å²) in [5, 5.41) is 1.69. The van der Waals surface area contributed by atoms with Gasteiger partial charge in [0.25, 0.3) is 0 Å². The summed E-state index contributed by atoms with van der Waals surface area (Å²) < 4.78 is 0. The Morgan fingerprint density at radius 1 is 0.667 bits per heavy atom. The molecule has 0 nitrogen and oxygen atoms in total. The van der Waals surface area contributed by atoms with Gasteiger partial charge in [0, 0.05) is 0 Å². The lowest BCUT2D eigenvalue weighted by Crippen LogP contribution is -2.56. The molecule has 0 unspecified atom stereocenters. The molecule has 8 bridgehead atoms. The lowest BCUT2D eigenvalue weighted by atomic mass is 9.55. The molecule has 0 atom stereocenters. The standard InChI is InChI=1S/C25H39P.BrH/c1-2-3-4-5-26(24-12-18-6-19(13-24)8-20(7-18)14-24)25-15-21-9-22(16-25)11-23(10-21)17-25;/h2,18-23H,1,3-17H2;1H. The highest BCUT2D eigenvalue weighted by molar-refractivity contribution is 8.93. The molecule has 152 valence electrons. The maximum absolute atomic E-state index is 4.05. The van der Waals surface area contributed by atoms with Crippen LogP contribution in [0.4, 0.5) is 0 Å². The van der Waals surface area contributed by atoms with Gasteiger partial charge in [0.1, 0.15) is 0 Å². The van der Waals surface area contributed by atoms with Crippen LogP contribution in [0.2, 0.25) is 0 Å². The Hall–Kier alpha value is 0.650. The van der Waals surface area contributed by atoms with E-state index < -0.39 is 0 Å². The largest absolute Gasteiger partial charge is 0.114 e. The Kier molecular flexibility index (Phi) is 5.16. The molecule has 8 saturated carbocycles. The molecule has 2 heteroatoms. The number of halogens is 1. The SMILES string of the molecule is Br.C=CCCCP(C12CC3CC(CC(C3)C1)C2)C12CC3CC(CC(C3)C1)C2. The fourth-order valence-corrected chi connectivity index (χ4v) is 15.5. The van der Waals surface area contributed by atoms with Crippen molar-refractivity contribution in [2.75, 3.05) is 6.16 Å². The highest BCUT2D eigenvalue weighted by atomic mass is 79.9. The molecule has 8 aliphatic rings. The first kappa shape index (κ1) is 19.6. The number of hydrogen-bond donors (Lipinski definition) is 0. The van der Waals surface area contributed by atoms with Crippen LogP contribution in [0, 0.1) is 35.5 Å². The second-order valence-electron chi connectivity index (χ2n) is 11.9. The summed E-state index contributed by atoms with van der Waals surface area (Å²) in [4.78, 5) is 0. The van der Waals surface area contributed by atoms with Gasteiger partial charge in [-0.2, -0.15) is 0 Å². The minimum atomic E-state index is 0. The maximum atomic E-state index is 4.05. The Labute approximate surface area is 179 Å². The Morgan fingerprint density at radius 3 is 1.30 bits per heavy atom. The fraction of sp³-hybridized carbons (Fsp3) is 0.920. The van der Waals surface area contributed by atoms with Crippen LogP contribution in [0.25, 0.3) is 0 Å². The lowest BCUT2D eigenvalue weighted by Gasteiger charge is -2.67. The van der Waals surface area contributed by atoms with Crippen LogP contribution < -0.4 is 0 Å². The van der Waals surface area contributed by atoms with Gasteiger partial charge in [0.05, 0.1) is 0 Å². The summed E-state index contributed by atoms with van der Waals surface area (Å²) >= 11 is 0. The highest BCUT2D eigenvalue weighted by Crippen LogP contribution is 2.78. The zero-order valence-electron chi connectivity index (χ0n) is 17.2. The topological polar surface area (TPSA) is 0 Å². The van der Waals surface area contributed by atoms with Crippen molar-refractivity contribution in [3.63, 3.8) is 0 Å². The zero-order valence-corrected chi connectivity index (χ0v) is 19.8. The van der Waals surface area contributed by atoms with Crippen molar-refractivity contribution in [2.45, 2.75) is 100 Å². The van der Waals surface area contributed by atoms with Crippen molar-refractivity contribution in [1.82, 2.24) is 0 Å². The van der Waals surface area contributed by atoms with Crippen LogP contribution in [-0.2, 0) is 0 Å². The Balaban J connectivity index is 0.00000160. The normalized spacial score (nSPS) is 52.6. The first-order valence-electron chi connectivity index (χ1n) is 12.0. The van der Waals surface area contributed by atoms with Gasteiger partial charge < -0.3 is 0 Å². The molecule has 0 aliphatic heterocycles. The van der Waals surface area contributed by atoms with Crippen molar-refractivity contribution in [3.8, 4) is 0 Å². The predicted molar refractivity (Wildman–Crippen MR) is 123 cm³/mol. The third kappa shape index (κ3) is 3.15. The minimum absolute atomic E-state index is 0. The van der Waals surface area contributed by atoms with Crippen LogP contribution in [0.1, 0.15) is 89.9 Å². The van der Waals surface area contributed by atoms with Gasteiger partial charge in [0.2, 0.25) is 0 Å². The van der Waals surface area contributed by atoms with Crippen molar-refractivity contribution < 1.29 is 0 Å². The van der Waals surface area contributed by atoms with Crippen LogP contribution in [0.15, 0.2) is 12.7 Å². The van der Waals surface area contributed by atoms with E-state index in [1.807, 2.05) is 0 Å². The quantitative estimate of drug-likeness (QED) is 0.218. The molecule has 0 heterocycles. The van der Waals surface area contributed by atoms with Crippen molar-refractivity contribution in [3.05, 3.63) is 12.7 Å². The molecule has 8 fully saturated rings. The smallest absolute Gasteiger partial charge is 0.00815 e. The molecule has 0 aromatic heterocycles. The van der Waals surface area contributed by atoms with E-state index in [0.717, 1.165) is 45.8 Å². The minimum Gasteiger partial charge on any atom is -0.114 e. The summed E-state index contributed by atoms with van der Waals surface area (Å²) in [5.41, 5.74) is 0. The molecule has 0 aromatic carbocycles. The highest BCUT2D eigenvalue weighted by Gasteiger charge is 2.62. The van der Waals surface area contributed by atoms with Gasteiger partial charge in [-0.1, -0.05) is 14.0 Å². The molecule has 8 rings (SSSR count). The summed E-state index contributed by atoms with van der Waals surface area (Å²) in [6.45, 7) is 4.05. The van der Waals surface area contributed by atoms with Crippen LogP contribution in [0.5, 0.6) is 0 Å². The number of rotatable bonds is 6. The monoisotopic (exact) mass is 450 g/mol. The third-order valence-electron chi connectivity index (χ3n) is 9.95. The van der Waals surface area contributed by atoms with E-state index in [1.165, 1.54) is 12.8 Å². The van der Waals surface area contributed by atoms with Gasteiger partial charge in [-0.25, -0.2) is 0 Å². The van der Waals surface area contributed by atoms with E-state index in [-0.39, 0.29) is 24.9 Å². The summed E-state index contributed by atoms with van der Waals surface area (Å²) in [6.07, 6.45) is 26.3. The predicted octanol–water partition coefficient (Wildman–Crippen LogP) is 7.95. The maximum Gasteiger partial charge on any atom is -0.00815 e. The molecule has 27 heavy (non-hydrogen) atoms. The molecule has 0 radical (unpaired) electrons. The molecule has 0 N–H and O–H groups in total. The Bertz CT molecular complexity index is 466. The molecular weight excluding hydrogens is 411 g/mol. The second-order valence-corrected chi connectivity index (χ2v) is 15.1. The summed E-state index contributed by atoms with van der Waals surface area (Å²) in [7, 11) is 0.232. The molecule has 0 amide bonds. The van der Waals surface area contributed by atoms with E-state index in [0.29, 0.717) is 0 Å². The average Bonchev–Trinajstić information content (AvgIpc) is 2.56. The van der Waals surface area contributed by atoms with Gasteiger partial charge >= 0.3 is 0 Å². The molecule has 0 spiro atoms. The molecule has 0 aromatic rings. The van der Waals surface area contributed by atoms with Crippen LogP contribution in [-0.4, -0.2) is 16.5 Å². The molecule has 8 aliphatic carbocycles. The van der Waals surface area contributed by atoms with Crippen molar-refractivity contribution in [1.29, 1.82) is 0 Å². The van der Waals surface area contributed by atoms with E-state index in [2.05, 4.69) is 12.7 Å². The molecule has 0 saturated heterocycles. The first-order valence-corrected chi connectivity index (χ1v) is 13.6. The Morgan fingerprint density at radius 2 is 1.00 bits per heavy atom. The summed E-state index contributed by atoms with van der Waals surface area (Å²) in [6, 6.07) is 0. The third-order valence-corrected chi connectivity index (χ3v) is 14.1. The van der Waals surface area contributed by atoms with E-state index in [9.17, 15) is 0 Å². The average molecular weight is 451 g/mol. The van der Waals surface area contributed by atoms with Crippen molar-refractivity contribution in [2.24, 2.45) is 35.5 Å². The van der Waals surface area contributed by atoms with Gasteiger partial charge in [-0.3, -0.25) is 0 Å². The summed E-state index contributed by atoms with van der Waals surface area (Å²) in [5.74, 6) is 6.83. The van der Waals surface area contributed by atoms with Gasteiger partial charge in [0.15, 0.2) is 0 Å². The zero-order chi connectivity index (χ0) is 17.4. The fourth-order valence-electron chi connectivity index (χ4n) is 10.2. The first-order chi connectivity index (χ1) is 12.7. The van der Waals surface area contributed by atoms with E-state index in [4.69, 9.17) is 0 Å². The second kappa shape index (κ2) is 7.11. The number of hydrogen-bond acceptors (Lipinski definition) is 0. The van der Waals surface area contributed by atoms with Crippen LogP contribution >= 0.6 is 24.9 Å². The lowest BCUT2D eigenvalue weighted by molar-refractivity contribution is 0.0185. The van der Waals surface area contributed by atoms with E-state index >= 15 is 0 Å². The van der Waals surface area contributed by atoms with Gasteiger partial charge in [-0.15, -0.1) is 23.6 Å². The van der Waals surface area contributed by atoms with Gasteiger partial charge in [-0.05, 0) is 142 Å². The number of allylic oxidation sites excluding steroid dienone is 1. The van der Waals surface area contributed by atoms with Crippen LogP contribution in [0.3, 0.4) is 0 Å². The number of unbranched alkanes of at least 4 members (excludes halogenated alkanes) is 1.